The first-order chi connectivity index (χ1) is 15.3. The number of aryl methyl sites for hydroxylation is 1. The van der Waals surface area contributed by atoms with Gasteiger partial charge >= 0.3 is 0 Å². The number of nitro groups is 1. The van der Waals surface area contributed by atoms with E-state index in [0.29, 0.717) is 5.69 Å². The van der Waals surface area contributed by atoms with Gasteiger partial charge in [-0.15, -0.1) is 0 Å². The van der Waals surface area contributed by atoms with Crippen molar-refractivity contribution in [2.24, 2.45) is 4.99 Å². The lowest BCUT2D eigenvalue weighted by molar-refractivity contribution is -0.385. The third-order valence-corrected chi connectivity index (χ3v) is 6.43. The molecule has 2 aromatic carbocycles. The summed E-state index contributed by atoms with van der Waals surface area (Å²) >= 11 is 0. The molecule has 0 spiro atoms. The third-order valence-electron chi connectivity index (χ3n) is 5.05. The summed E-state index contributed by atoms with van der Waals surface area (Å²) in [5.41, 5.74) is 1.36. The van der Waals surface area contributed by atoms with Crippen molar-refractivity contribution in [1.82, 2.24) is 10.0 Å². The SMILES string of the molecule is Cc1cccc(Nc2ccc([N+](=O)[O-])cc2S(=O)(=O)NC(=NC2CCCCC2)NC#N)c1. The van der Waals surface area contributed by atoms with Crippen LogP contribution in [0.5, 0.6) is 0 Å². The summed E-state index contributed by atoms with van der Waals surface area (Å²) < 4.78 is 28.7. The minimum Gasteiger partial charge on any atom is -0.354 e. The lowest BCUT2D eigenvalue weighted by atomic mass is 9.96. The molecule has 11 heteroatoms. The van der Waals surface area contributed by atoms with E-state index in [0.717, 1.165) is 43.7 Å². The second-order valence-electron chi connectivity index (χ2n) is 7.54. The Hall–Kier alpha value is -3.65. The molecule has 0 bridgehead atoms. The van der Waals surface area contributed by atoms with Crippen LogP contribution in [0.1, 0.15) is 37.7 Å². The molecule has 3 rings (SSSR count). The first-order valence-corrected chi connectivity index (χ1v) is 11.6. The lowest BCUT2D eigenvalue weighted by Crippen LogP contribution is -2.40. The fraction of sp³-hybridized carbons (Fsp3) is 0.333. The summed E-state index contributed by atoms with van der Waals surface area (Å²) in [5, 5.41) is 25.6. The Kier molecular flexibility index (Phi) is 7.27. The number of hydrogen-bond acceptors (Lipinski definition) is 7. The molecular weight excluding hydrogens is 432 g/mol. The number of non-ortho nitro benzene ring substituents is 1. The molecule has 0 aliphatic heterocycles. The Morgan fingerprint density at radius 2 is 1.94 bits per heavy atom. The predicted molar refractivity (Wildman–Crippen MR) is 121 cm³/mol. The Morgan fingerprint density at radius 3 is 2.59 bits per heavy atom. The van der Waals surface area contributed by atoms with Gasteiger partial charge < -0.3 is 5.32 Å². The molecule has 1 aliphatic rings. The van der Waals surface area contributed by atoms with Crippen molar-refractivity contribution in [1.29, 1.82) is 5.26 Å². The van der Waals surface area contributed by atoms with Gasteiger partial charge in [0.1, 0.15) is 4.90 Å². The van der Waals surface area contributed by atoms with Crippen LogP contribution in [0.3, 0.4) is 0 Å². The lowest BCUT2D eigenvalue weighted by Gasteiger charge is -2.19. The summed E-state index contributed by atoms with van der Waals surface area (Å²) in [6, 6.07) is 10.7. The molecule has 1 saturated carbocycles. The number of aliphatic imine (C=N–C) groups is 1. The fourth-order valence-electron chi connectivity index (χ4n) is 3.54. The number of nitriles is 1. The van der Waals surface area contributed by atoms with Crippen molar-refractivity contribution < 1.29 is 13.3 Å². The molecule has 1 aliphatic carbocycles. The maximum absolute atomic E-state index is 13.2. The molecule has 168 valence electrons. The van der Waals surface area contributed by atoms with Crippen molar-refractivity contribution in [3.05, 3.63) is 58.1 Å². The maximum Gasteiger partial charge on any atom is 0.270 e. The highest BCUT2D eigenvalue weighted by atomic mass is 32.2. The largest absolute Gasteiger partial charge is 0.354 e. The molecule has 0 unspecified atom stereocenters. The van der Waals surface area contributed by atoms with Crippen molar-refractivity contribution in [2.75, 3.05) is 5.32 Å². The fourth-order valence-corrected chi connectivity index (χ4v) is 4.69. The topological polar surface area (TPSA) is 150 Å². The van der Waals surface area contributed by atoms with Crippen LogP contribution in [-0.2, 0) is 10.0 Å². The van der Waals surface area contributed by atoms with E-state index in [1.165, 1.54) is 12.1 Å². The molecule has 10 nitrogen and oxygen atoms in total. The number of anilines is 2. The Labute approximate surface area is 186 Å². The average Bonchev–Trinajstić information content (AvgIpc) is 2.74. The van der Waals surface area contributed by atoms with Crippen molar-refractivity contribution in [3.63, 3.8) is 0 Å². The van der Waals surface area contributed by atoms with Gasteiger partial charge in [0.2, 0.25) is 5.96 Å². The van der Waals surface area contributed by atoms with Gasteiger partial charge in [0.05, 0.1) is 16.7 Å². The Balaban J connectivity index is 1.98. The van der Waals surface area contributed by atoms with Crippen LogP contribution < -0.4 is 15.4 Å². The molecule has 3 N–H and O–H groups in total. The third kappa shape index (κ3) is 5.95. The highest BCUT2D eigenvalue weighted by Crippen LogP contribution is 2.29. The first-order valence-electron chi connectivity index (χ1n) is 10.2. The zero-order valence-electron chi connectivity index (χ0n) is 17.5. The van der Waals surface area contributed by atoms with Crippen LogP contribution in [0, 0.1) is 28.5 Å². The molecule has 32 heavy (non-hydrogen) atoms. The average molecular weight is 457 g/mol. The molecule has 0 aromatic heterocycles. The van der Waals surface area contributed by atoms with Crippen LogP contribution in [0.15, 0.2) is 52.4 Å². The molecule has 0 heterocycles. The van der Waals surface area contributed by atoms with Crippen molar-refractivity contribution >= 4 is 33.0 Å². The second-order valence-corrected chi connectivity index (χ2v) is 9.19. The smallest absolute Gasteiger partial charge is 0.270 e. The number of sulfonamides is 1. The predicted octanol–water partition coefficient (Wildman–Crippen LogP) is 3.68. The summed E-state index contributed by atoms with van der Waals surface area (Å²) in [5.74, 6) is -0.201. The second kappa shape index (κ2) is 10.1. The van der Waals surface area contributed by atoms with E-state index in [9.17, 15) is 18.5 Å². The molecule has 2 aromatic rings. The van der Waals surface area contributed by atoms with Crippen LogP contribution in [0.2, 0.25) is 0 Å². The van der Waals surface area contributed by atoms with Gasteiger partial charge in [-0.2, -0.15) is 5.26 Å². The molecule has 0 amide bonds. The normalized spacial score (nSPS) is 14.9. The summed E-state index contributed by atoms with van der Waals surface area (Å²) in [4.78, 5) is 14.6. The molecular formula is C21H24N6O4S. The Morgan fingerprint density at radius 1 is 1.19 bits per heavy atom. The number of guanidine groups is 1. The van der Waals surface area contributed by atoms with Crippen LogP contribution in [0.4, 0.5) is 17.1 Å². The van der Waals surface area contributed by atoms with Gasteiger partial charge in [-0.25, -0.2) is 18.1 Å². The standard InChI is InChI=1S/C21H24N6O4S/c1-15-6-5-9-17(12-15)24-19-11-10-18(27(28)29)13-20(19)32(30,31)26-21(23-14-22)25-16-7-3-2-4-8-16/h5-6,9-13,16,24H,2-4,7-8H2,1H3,(H2,23,25,26). The van der Waals surface area contributed by atoms with E-state index < -0.39 is 14.9 Å². The highest BCUT2D eigenvalue weighted by Gasteiger charge is 2.25. The van der Waals surface area contributed by atoms with E-state index >= 15 is 0 Å². The van der Waals surface area contributed by atoms with E-state index in [1.54, 1.807) is 18.3 Å². The maximum atomic E-state index is 13.2. The summed E-state index contributed by atoms with van der Waals surface area (Å²) in [7, 11) is -4.31. The van der Waals surface area contributed by atoms with Crippen LogP contribution in [-0.4, -0.2) is 25.3 Å². The van der Waals surface area contributed by atoms with Gasteiger partial charge in [-0.05, 0) is 43.5 Å². The number of rotatable bonds is 6. The van der Waals surface area contributed by atoms with E-state index in [-0.39, 0.29) is 28.3 Å². The molecule has 0 saturated heterocycles. The summed E-state index contributed by atoms with van der Waals surface area (Å²) in [6.07, 6.45) is 6.35. The Bertz CT molecular complexity index is 1170. The van der Waals surface area contributed by atoms with Crippen molar-refractivity contribution in [2.45, 2.75) is 50.0 Å². The van der Waals surface area contributed by atoms with Gasteiger partial charge in [0.15, 0.2) is 6.19 Å². The monoisotopic (exact) mass is 456 g/mol. The number of nitrogens with one attached hydrogen (secondary N) is 3. The van der Waals surface area contributed by atoms with Gasteiger partial charge in [0, 0.05) is 17.8 Å². The van der Waals surface area contributed by atoms with E-state index in [4.69, 9.17) is 5.26 Å². The van der Waals surface area contributed by atoms with E-state index in [2.05, 4.69) is 20.3 Å². The number of nitrogens with zero attached hydrogens (tertiary/aromatic N) is 3. The van der Waals surface area contributed by atoms with Crippen LogP contribution in [0.25, 0.3) is 0 Å². The molecule has 0 radical (unpaired) electrons. The number of nitro benzene ring substituents is 1. The van der Waals surface area contributed by atoms with Gasteiger partial charge in [-0.3, -0.25) is 15.4 Å². The summed E-state index contributed by atoms with van der Waals surface area (Å²) in [6.45, 7) is 1.89. The zero-order chi connectivity index (χ0) is 23.1. The minimum atomic E-state index is -4.31. The number of hydrogen-bond donors (Lipinski definition) is 3. The molecule has 0 atom stereocenters. The molecule has 1 fully saturated rings. The zero-order valence-corrected chi connectivity index (χ0v) is 18.4. The van der Waals surface area contributed by atoms with Gasteiger partial charge in [0.25, 0.3) is 15.7 Å². The van der Waals surface area contributed by atoms with Crippen molar-refractivity contribution in [3.8, 4) is 6.19 Å². The number of benzene rings is 2. The minimum absolute atomic E-state index is 0.0997. The quantitative estimate of drug-likeness (QED) is 0.150. The van der Waals surface area contributed by atoms with Crippen LogP contribution >= 0.6 is 0 Å². The van der Waals surface area contributed by atoms with Gasteiger partial charge in [-0.1, -0.05) is 31.4 Å². The van der Waals surface area contributed by atoms with E-state index in [1.807, 2.05) is 19.1 Å². The first kappa shape index (κ1) is 23.0. The highest BCUT2D eigenvalue weighted by molar-refractivity contribution is 7.90.